The first-order valence-corrected chi connectivity index (χ1v) is 25.7. The zero-order valence-corrected chi connectivity index (χ0v) is 45.2. The zero-order chi connectivity index (χ0) is 58.4. The number of carboxylic acid groups (broad SMARTS) is 1. The molecule has 426 valence electrons. The molecule has 0 aliphatic rings. The summed E-state index contributed by atoms with van der Waals surface area (Å²) in [6.45, 7) is 9.41. The van der Waals surface area contributed by atoms with Crippen molar-refractivity contribution >= 4 is 64.7 Å². The number of benzene rings is 2. The lowest BCUT2D eigenvalue weighted by molar-refractivity contribution is -0.142. The SMILES string of the molecule is CC(=O)CCCC(=O)N[C@@H](CCC(=O)CCCNC(=O)[C@H](CCN(C(=O)CO)[C@@H](c1cc(-c2cc(F)ccc2F)cn1Cc1ccccc1)C(C)(C)C)NC(=O)[C@H](CC(N)=O)NC(=O)[C@@H](C)CC(=O)[C@H](C)NC(C)=O)C(=O)O. The number of aliphatic hydroxyl groups is 1. The van der Waals surface area contributed by atoms with Crippen LogP contribution in [-0.4, -0.2) is 128 Å². The number of aliphatic carboxylic acids is 1. The van der Waals surface area contributed by atoms with Crippen LogP contribution < -0.4 is 32.3 Å². The monoisotopic (exact) mass is 1090 g/mol. The number of ketones is 3. The summed E-state index contributed by atoms with van der Waals surface area (Å²) in [5.74, 6) is -10.6. The summed E-state index contributed by atoms with van der Waals surface area (Å²) in [5.41, 5.74) is 6.03. The van der Waals surface area contributed by atoms with Crippen molar-refractivity contribution in [3.8, 4) is 11.1 Å². The normalized spacial score (nSPS) is 13.6. The number of Topliss-reactive ketones (excluding diaryl/α,β-unsaturated/α-hetero) is 3. The lowest BCUT2D eigenvalue weighted by Gasteiger charge is -2.41. The van der Waals surface area contributed by atoms with E-state index in [1.807, 2.05) is 30.3 Å². The third-order valence-electron chi connectivity index (χ3n) is 12.6. The maximum atomic E-state index is 15.4. The lowest BCUT2D eigenvalue weighted by atomic mass is 9.82. The fraction of sp³-hybridized carbons (Fsp3) is 0.509. The van der Waals surface area contributed by atoms with E-state index >= 15 is 4.39 Å². The van der Waals surface area contributed by atoms with Gasteiger partial charge in [-0.3, -0.25) is 43.2 Å². The third kappa shape index (κ3) is 21.4. The zero-order valence-electron chi connectivity index (χ0n) is 45.2. The number of carbonyl (C=O) groups is 11. The predicted molar refractivity (Wildman–Crippen MR) is 281 cm³/mol. The number of halogens is 2. The number of rotatable bonds is 33. The van der Waals surface area contributed by atoms with Crippen LogP contribution in [0.2, 0.25) is 0 Å². The van der Waals surface area contributed by atoms with E-state index in [0.717, 1.165) is 23.8 Å². The minimum Gasteiger partial charge on any atom is -0.480 e. The van der Waals surface area contributed by atoms with Crippen molar-refractivity contribution in [3.63, 3.8) is 0 Å². The highest BCUT2D eigenvalue weighted by atomic mass is 19.1. The van der Waals surface area contributed by atoms with Gasteiger partial charge in [-0.05, 0) is 74.8 Å². The second kappa shape index (κ2) is 30.9. The molecule has 0 saturated heterocycles. The predicted octanol–water partition coefficient (Wildman–Crippen LogP) is 3.32. The molecule has 7 amide bonds. The van der Waals surface area contributed by atoms with E-state index in [1.165, 1.54) is 32.6 Å². The van der Waals surface area contributed by atoms with Crippen LogP contribution in [-0.2, 0) is 59.3 Å². The lowest BCUT2D eigenvalue weighted by Crippen LogP contribution is -2.56. The Morgan fingerprint density at radius 2 is 1.41 bits per heavy atom. The van der Waals surface area contributed by atoms with Crippen LogP contribution >= 0.6 is 0 Å². The number of carbonyl (C=O) groups excluding carboxylic acids is 10. The Morgan fingerprint density at radius 1 is 0.744 bits per heavy atom. The van der Waals surface area contributed by atoms with E-state index in [4.69, 9.17) is 5.73 Å². The highest BCUT2D eigenvalue weighted by molar-refractivity contribution is 5.96. The molecule has 21 nitrogen and oxygen atoms in total. The molecule has 9 N–H and O–H groups in total. The van der Waals surface area contributed by atoms with Gasteiger partial charge in [0.2, 0.25) is 41.4 Å². The number of carboxylic acids is 1. The number of hydrogen-bond donors (Lipinski definition) is 8. The summed E-state index contributed by atoms with van der Waals surface area (Å²) in [7, 11) is 0. The molecular weight excluding hydrogens is 1020 g/mol. The standard InChI is InChI=1S/C55H74F2N8O13/c1-32(25-46(70)34(3)60-35(4)68)51(74)63-44(28-47(58)71)53(76)62-42(52(75)59-23-12-16-39(69)19-21-43(54(77)78)61-48(72)17-11-13-33(2)67)22-24-65(49(73)31-66)50(55(5,6)7)45-26-37(40-27-38(56)18-20-41(40)57)30-64(45)29-36-14-9-8-10-15-36/h8-10,14-15,18,20,26-27,30,32,34,42-44,50,66H,11-13,16-17,19,21-25,28-29,31H2,1-7H3,(H2,58,71)(H,59,75)(H,60,68)(H,61,72)(H,62,76)(H,63,74)(H,77,78)/t32-,34-,42-,43-,44-,50-/m0/s1. The first kappa shape index (κ1) is 64.6. The van der Waals surface area contributed by atoms with Crippen molar-refractivity contribution in [3.05, 3.63) is 83.7 Å². The number of amides is 7. The van der Waals surface area contributed by atoms with Crippen molar-refractivity contribution in [2.24, 2.45) is 17.1 Å². The van der Waals surface area contributed by atoms with Gasteiger partial charge in [0.1, 0.15) is 47.9 Å². The van der Waals surface area contributed by atoms with Gasteiger partial charge in [-0.2, -0.15) is 0 Å². The highest BCUT2D eigenvalue weighted by Gasteiger charge is 2.39. The Kier molecular flexibility index (Phi) is 25.6. The molecule has 0 spiro atoms. The summed E-state index contributed by atoms with van der Waals surface area (Å²) < 4.78 is 31.8. The fourth-order valence-electron chi connectivity index (χ4n) is 8.66. The molecule has 0 aliphatic carbocycles. The fourth-order valence-corrected chi connectivity index (χ4v) is 8.66. The number of nitrogens with zero attached hydrogens (tertiary/aromatic N) is 2. The van der Waals surface area contributed by atoms with Crippen LogP contribution in [0.25, 0.3) is 11.1 Å². The highest BCUT2D eigenvalue weighted by Crippen LogP contribution is 2.41. The average Bonchev–Trinajstić information content (AvgIpc) is 3.75. The Balaban J connectivity index is 1.99. The average molecular weight is 1090 g/mol. The van der Waals surface area contributed by atoms with Crippen molar-refractivity contribution in [2.75, 3.05) is 19.7 Å². The van der Waals surface area contributed by atoms with Gasteiger partial charge >= 0.3 is 5.97 Å². The van der Waals surface area contributed by atoms with E-state index < -0.39 is 125 Å². The van der Waals surface area contributed by atoms with Gasteiger partial charge in [0.25, 0.3) is 0 Å². The van der Waals surface area contributed by atoms with Crippen molar-refractivity contribution < 1.29 is 71.7 Å². The molecule has 23 heteroatoms. The smallest absolute Gasteiger partial charge is 0.326 e. The van der Waals surface area contributed by atoms with Crippen LogP contribution in [0.1, 0.15) is 130 Å². The number of nitrogens with one attached hydrogen (secondary N) is 5. The minimum absolute atomic E-state index is 0.0196. The van der Waals surface area contributed by atoms with Crippen LogP contribution in [0.15, 0.2) is 60.8 Å². The van der Waals surface area contributed by atoms with E-state index in [0.29, 0.717) is 5.69 Å². The molecule has 78 heavy (non-hydrogen) atoms. The topological polar surface area (TPSA) is 323 Å². The molecule has 0 unspecified atom stereocenters. The number of aliphatic hydroxyl groups excluding tert-OH is 1. The molecule has 0 fully saturated rings. The summed E-state index contributed by atoms with van der Waals surface area (Å²) in [5, 5.41) is 32.5. The molecule has 2 aromatic carbocycles. The molecule has 6 atom stereocenters. The van der Waals surface area contributed by atoms with Gasteiger partial charge in [0.15, 0.2) is 5.78 Å². The second-order valence-electron chi connectivity index (χ2n) is 20.5. The largest absolute Gasteiger partial charge is 0.480 e. The van der Waals surface area contributed by atoms with Crippen LogP contribution in [0.4, 0.5) is 8.78 Å². The minimum atomic E-state index is -1.70. The first-order chi connectivity index (χ1) is 36.6. The summed E-state index contributed by atoms with van der Waals surface area (Å²) in [6, 6.07) is 7.16. The van der Waals surface area contributed by atoms with Gasteiger partial charge in [-0.15, -0.1) is 0 Å². The Labute approximate surface area is 452 Å². The Hall–Kier alpha value is -7.69. The molecule has 0 radical (unpaired) electrons. The quantitative estimate of drug-likeness (QED) is 0.0407. The van der Waals surface area contributed by atoms with Crippen LogP contribution in [0.3, 0.4) is 0 Å². The summed E-state index contributed by atoms with van der Waals surface area (Å²) >= 11 is 0. The molecule has 0 bridgehead atoms. The first-order valence-electron chi connectivity index (χ1n) is 25.7. The van der Waals surface area contributed by atoms with Gasteiger partial charge in [0.05, 0.1) is 18.5 Å². The van der Waals surface area contributed by atoms with Gasteiger partial charge in [0, 0.05) is 87.6 Å². The Bertz CT molecular complexity index is 2640. The van der Waals surface area contributed by atoms with Crippen LogP contribution in [0.5, 0.6) is 0 Å². The van der Waals surface area contributed by atoms with Crippen molar-refractivity contribution in [1.82, 2.24) is 36.1 Å². The molecule has 1 aromatic heterocycles. The maximum Gasteiger partial charge on any atom is 0.326 e. The number of nitrogens with two attached hydrogens (primary N) is 1. The number of aromatic nitrogens is 1. The van der Waals surface area contributed by atoms with Gasteiger partial charge in [-0.1, -0.05) is 58.0 Å². The van der Waals surface area contributed by atoms with Gasteiger partial charge < -0.3 is 56.8 Å². The summed E-state index contributed by atoms with van der Waals surface area (Å²) in [6.07, 6.45) is -0.250. The van der Waals surface area contributed by atoms with E-state index in [-0.39, 0.29) is 94.3 Å². The second-order valence-corrected chi connectivity index (χ2v) is 20.5. The molecule has 3 aromatic rings. The van der Waals surface area contributed by atoms with Crippen LogP contribution in [0, 0.1) is 23.0 Å². The Morgan fingerprint density at radius 3 is 2.01 bits per heavy atom. The molecule has 0 saturated carbocycles. The van der Waals surface area contributed by atoms with Crippen molar-refractivity contribution in [1.29, 1.82) is 0 Å². The van der Waals surface area contributed by atoms with E-state index in [9.17, 15) is 67.3 Å². The third-order valence-corrected chi connectivity index (χ3v) is 12.6. The molecule has 3 rings (SSSR count). The van der Waals surface area contributed by atoms with Gasteiger partial charge in [-0.25, -0.2) is 13.6 Å². The van der Waals surface area contributed by atoms with E-state index in [1.54, 1.807) is 37.6 Å². The number of primary amides is 1. The van der Waals surface area contributed by atoms with Crippen molar-refractivity contribution in [2.45, 2.75) is 149 Å². The summed E-state index contributed by atoms with van der Waals surface area (Å²) in [4.78, 5) is 142. The maximum absolute atomic E-state index is 15.4. The number of hydrogen-bond acceptors (Lipinski definition) is 12. The molecular formula is C55H74F2N8O13. The molecule has 1 heterocycles. The molecule has 0 aliphatic heterocycles. The van der Waals surface area contributed by atoms with E-state index in [2.05, 4.69) is 26.6 Å².